The maximum Gasteiger partial charge on any atom is 0.0372 e. The highest BCUT2D eigenvalue weighted by Crippen LogP contribution is 2.21. The molecular weight excluding hydrogens is 158 g/mol. The summed E-state index contributed by atoms with van der Waals surface area (Å²) in [6.45, 7) is 6.20. The third-order valence-electron chi connectivity index (χ3n) is 2.58. The van der Waals surface area contributed by atoms with Gasteiger partial charge in [0.25, 0.3) is 0 Å². The van der Waals surface area contributed by atoms with Crippen molar-refractivity contribution in [1.82, 2.24) is 0 Å². The van der Waals surface area contributed by atoms with Crippen LogP contribution in [0.2, 0.25) is 0 Å². The van der Waals surface area contributed by atoms with Crippen molar-refractivity contribution in [3.8, 4) is 0 Å². The molecule has 0 N–H and O–H groups in total. The molecular formula is C12H15N. The number of hydrogen-bond donors (Lipinski definition) is 0. The Hall–Kier alpha value is -1.24. The fourth-order valence-electron chi connectivity index (χ4n) is 1.82. The second kappa shape index (κ2) is 3.65. The van der Waals surface area contributed by atoms with E-state index in [0.717, 1.165) is 0 Å². The Morgan fingerprint density at radius 1 is 1.23 bits per heavy atom. The van der Waals surface area contributed by atoms with Gasteiger partial charge >= 0.3 is 0 Å². The third-order valence-corrected chi connectivity index (χ3v) is 2.58. The molecule has 0 amide bonds. The van der Waals surface area contributed by atoms with E-state index in [1.807, 2.05) is 6.08 Å². The van der Waals surface area contributed by atoms with Crippen LogP contribution in [0.25, 0.3) is 6.08 Å². The average Bonchev–Trinajstić information content (AvgIpc) is 2.71. The topological polar surface area (TPSA) is 3.24 Å². The molecule has 1 aromatic rings. The maximum absolute atomic E-state index is 3.78. The molecule has 0 unspecified atom stereocenters. The van der Waals surface area contributed by atoms with Gasteiger partial charge in [0.2, 0.25) is 0 Å². The molecule has 13 heavy (non-hydrogen) atoms. The highest BCUT2D eigenvalue weighted by molar-refractivity contribution is 5.57. The van der Waals surface area contributed by atoms with Crippen LogP contribution in [0.5, 0.6) is 0 Å². The van der Waals surface area contributed by atoms with Crippen LogP contribution in [-0.4, -0.2) is 13.1 Å². The summed E-state index contributed by atoms with van der Waals surface area (Å²) in [5.41, 5.74) is 2.55. The quantitative estimate of drug-likeness (QED) is 0.664. The van der Waals surface area contributed by atoms with E-state index >= 15 is 0 Å². The van der Waals surface area contributed by atoms with Gasteiger partial charge in [0, 0.05) is 18.8 Å². The summed E-state index contributed by atoms with van der Waals surface area (Å²) in [4.78, 5) is 2.44. The summed E-state index contributed by atoms with van der Waals surface area (Å²) >= 11 is 0. The molecule has 1 heterocycles. The molecule has 1 aliphatic rings. The molecule has 1 saturated heterocycles. The van der Waals surface area contributed by atoms with E-state index in [0.29, 0.717) is 0 Å². The van der Waals surface area contributed by atoms with E-state index in [9.17, 15) is 0 Å². The summed E-state index contributed by atoms with van der Waals surface area (Å²) in [6.07, 6.45) is 4.57. The van der Waals surface area contributed by atoms with Gasteiger partial charge in [-0.05, 0) is 30.5 Å². The van der Waals surface area contributed by atoms with Crippen molar-refractivity contribution >= 4 is 11.8 Å². The van der Waals surface area contributed by atoms with Crippen LogP contribution in [0.3, 0.4) is 0 Å². The molecule has 0 spiro atoms. The largest absolute Gasteiger partial charge is 0.372 e. The van der Waals surface area contributed by atoms with E-state index in [2.05, 4.69) is 35.7 Å². The van der Waals surface area contributed by atoms with E-state index in [1.54, 1.807) is 0 Å². The lowest BCUT2D eigenvalue weighted by atomic mass is 10.2. The van der Waals surface area contributed by atoms with Gasteiger partial charge in [0.05, 0.1) is 0 Å². The van der Waals surface area contributed by atoms with Crippen molar-refractivity contribution in [2.24, 2.45) is 0 Å². The highest BCUT2D eigenvalue weighted by Gasteiger charge is 2.11. The van der Waals surface area contributed by atoms with Crippen LogP contribution in [-0.2, 0) is 0 Å². The van der Waals surface area contributed by atoms with Crippen LogP contribution < -0.4 is 4.90 Å². The van der Waals surface area contributed by atoms with Crippen molar-refractivity contribution in [3.63, 3.8) is 0 Å². The minimum Gasteiger partial charge on any atom is -0.372 e. The van der Waals surface area contributed by atoms with Crippen molar-refractivity contribution in [1.29, 1.82) is 0 Å². The Bertz CT molecular complexity index is 298. The van der Waals surface area contributed by atoms with Crippen LogP contribution >= 0.6 is 0 Å². The van der Waals surface area contributed by atoms with Crippen molar-refractivity contribution in [3.05, 3.63) is 36.4 Å². The molecule has 1 aromatic carbocycles. The fraction of sp³-hybridized carbons (Fsp3) is 0.333. The van der Waals surface area contributed by atoms with Gasteiger partial charge in [0.15, 0.2) is 0 Å². The van der Waals surface area contributed by atoms with Crippen LogP contribution in [0.1, 0.15) is 18.4 Å². The minimum absolute atomic E-state index is 1.21. The zero-order valence-corrected chi connectivity index (χ0v) is 7.87. The van der Waals surface area contributed by atoms with Crippen LogP contribution in [0.4, 0.5) is 5.69 Å². The molecule has 1 heteroatoms. The molecule has 1 nitrogen and oxygen atoms in total. The lowest BCUT2D eigenvalue weighted by Crippen LogP contribution is -2.17. The number of benzene rings is 1. The Kier molecular flexibility index (Phi) is 2.35. The standard InChI is InChI=1S/C12H15N/c1-2-11-6-5-7-12(10-11)13-8-3-4-9-13/h2,5-7,10H,1,3-4,8-9H2. The first-order valence-corrected chi connectivity index (χ1v) is 4.87. The van der Waals surface area contributed by atoms with Crippen molar-refractivity contribution < 1.29 is 0 Å². The number of anilines is 1. The minimum atomic E-state index is 1.21. The first-order chi connectivity index (χ1) is 6.40. The molecule has 0 bridgehead atoms. The third kappa shape index (κ3) is 1.74. The number of rotatable bonds is 2. The Balaban J connectivity index is 2.23. The highest BCUT2D eigenvalue weighted by atomic mass is 15.1. The second-order valence-corrected chi connectivity index (χ2v) is 3.49. The van der Waals surface area contributed by atoms with Crippen LogP contribution in [0.15, 0.2) is 30.8 Å². The zero-order valence-electron chi connectivity index (χ0n) is 7.87. The van der Waals surface area contributed by atoms with Gasteiger partial charge in [-0.3, -0.25) is 0 Å². The lowest BCUT2D eigenvalue weighted by Gasteiger charge is -2.17. The van der Waals surface area contributed by atoms with Gasteiger partial charge in [-0.1, -0.05) is 24.8 Å². The summed E-state index contributed by atoms with van der Waals surface area (Å²) < 4.78 is 0. The molecule has 0 saturated carbocycles. The monoisotopic (exact) mass is 173 g/mol. The molecule has 2 rings (SSSR count). The smallest absolute Gasteiger partial charge is 0.0372 e. The van der Waals surface area contributed by atoms with Gasteiger partial charge in [0.1, 0.15) is 0 Å². The average molecular weight is 173 g/mol. The summed E-state index contributed by atoms with van der Waals surface area (Å²) in [5, 5.41) is 0. The molecule has 0 atom stereocenters. The van der Waals surface area contributed by atoms with Gasteiger partial charge in [-0.15, -0.1) is 0 Å². The normalized spacial score (nSPS) is 16.2. The van der Waals surface area contributed by atoms with E-state index in [4.69, 9.17) is 0 Å². The van der Waals surface area contributed by atoms with Crippen molar-refractivity contribution in [2.75, 3.05) is 18.0 Å². The van der Waals surface area contributed by atoms with E-state index in [1.165, 1.54) is 37.2 Å². The number of nitrogens with zero attached hydrogens (tertiary/aromatic N) is 1. The fourth-order valence-corrected chi connectivity index (χ4v) is 1.82. The van der Waals surface area contributed by atoms with Crippen molar-refractivity contribution in [2.45, 2.75) is 12.8 Å². The predicted octanol–water partition coefficient (Wildman–Crippen LogP) is 2.93. The summed E-state index contributed by atoms with van der Waals surface area (Å²) in [7, 11) is 0. The van der Waals surface area contributed by atoms with Crippen LogP contribution in [0, 0.1) is 0 Å². The Morgan fingerprint density at radius 2 is 2.00 bits per heavy atom. The maximum atomic E-state index is 3.78. The van der Waals surface area contributed by atoms with E-state index in [-0.39, 0.29) is 0 Å². The lowest BCUT2D eigenvalue weighted by molar-refractivity contribution is 0.949. The van der Waals surface area contributed by atoms with Gasteiger partial charge in [-0.2, -0.15) is 0 Å². The molecule has 0 aromatic heterocycles. The number of hydrogen-bond acceptors (Lipinski definition) is 1. The molecule has 1 aliphatic heterocycles. The molecule has 1 fully saturated rings. The Morgan fingerprint density at radius 3 is 2.69 bits per heavy atom. The summed E-state index contributed by atoms with van der Waals surface area (Å²) in [5.74, 6) is 0. The second-order valence-electron chi connectivity index (χ2n) is 3.49. The molecule has 0 aliphatic carbocycles. The summed E-state index contributed by atoms with van der Waals surface area (Å²) in [6, 6.07) is 8.58. The first kappa shape index (κ1) is 8.36. The molecule has 68 valence electrons. The van der Waals surface area contributed by atoms with Gasteiger partial charge < -0.3 is 4.90 Å². The molecule has 0 radical (unpaired) electrons. The zero-order chi connectivity index (χ0) is 9.10. The first-order valence-electron chi connectivity index (χ1n) is 4.87. The SMILES string of the molecule is C=Cc1cccc(N2CCCC2)c1. The Labute approximate surface area is 79.7 Å². The van der Waals surface area contributed by atoms with Gasteiger partial charge in [-0.25, -0.2) is 0 Å². The predicted molar refractivity (Wildman–Crippen MR) is 58.0 cm³/mol. The van der Waals surface area contributed by atoms with E-state index < -0.39 is 0 Å².